The minimum Gasteiger partial charge on any atom is -0.396 e. The van der Waals surface area contributed by atoms with E-state index < -0.39 is 10.8 Å². The van der Waals surface area contributed by atoms with Crippen molar-refractivity contribution in [2.75, 3.05) is 19.4 Å². The predicted octanol–water partition coefficient (Wildman–Crippen LogP) is 1.28. The first-order chi connectivity index (χ1) is 7.67. The van der Waals surface area contributed by atoms with Crippen molar-refractivity contribution in [3.05, 3.63) is 0 Å². The van der Waals surface area contributed by atoms with E-state index in [1.54, 1.807) is 0 Å². The van der Waals surface area contributed by atoms with Crippen LogP contribution < -0.4 is 5.32 Å². The molecule has 4 atom stereocenters. The van der Waals surface area contributed by atoms with Gasteiger partial charge in [-0.05, 0) is 32.2 Å². The molecule has 0 bridgehead atoms. The van der Waals surface area contributed by atoms with Crippen molar-refractivity contribution in [2.45, 2.75) is 50.3 Å². The monoisotopic (exact) mass is 247 g/mol. The highest BCUT2D eigenvalue weighted by atomic mass is 32.2. The van der Waals surface area contributed by atoms with E-state index in [0.717, 1.165) is 18.8 Å². The Morgan fingerprint density at radius 1 is 1.50 bits per heavy atom. The van der Waals surface area contributed by atoms with Gasteiger partial charge in [-0.3, -0.25) is 4.21 Å². The van der Waals surface area contributed by atoms with Gasteiger partial charge in [-0.25, -0.2) is 0 Å². The highest BCUT2D eigenvalue weighted by molar-refractivity contribution is 7.85. The fourth-order valence-electron chi connectivity index (χ4n) is 2.42. The molecule has 0 aromatic rings. The molecule has 0 heterocycles. The maximum Gasteiger partial charge on any atom is 0.0446 e. The third-order valence-corrected chi connectivity index (χ3v) is 5.41. The van der Waals surface area contributed by atoms with E-state index in [2.05, 4.69) is 12.2 Å². The number of hydrogen-bond acceptors (Lipinski definition) is 3. The average Bonchev–Trinajstić information content (AvgIpc) is 2.28. The summed E-state index contributed by atoms with van der Waals surface area (Å²) in [6.07, 6.45) is 5.45. The Morgan fingerprint density at radius 3 is 2.81 bits per heavy atom. The minimum absolute atomic E-state index is 0.170. The Morgan fingerprint density at radius 2 is 2.25 bits per heavy atom. The Balaban J connectivity index is 2.37. The summed E-state index contributed by atoms with van der Waals surface area (Å²) in [6.45, 7) is 2.43. The van der Waals surface area contributed by atoms with E-state index in [-0.39, 0.29) is 12.6 Å². The van der Waals surface area contributed by atoms with Crippen LogP contribution in [0.25, 0.3) is 0 Å². The quantitative estimate of drug-likeness (QED) is 0.743. The maximum absolute atomic E-state index is 12.2. The molecule has 1 aliphatic carbocycles. The van der Waals surface area contributed by atoms with Crippen LogP contribution in [0.3, 0.4) is 0 Å². The molecule has 0 aliphatic heterocycles. The van der Waals surface area contributed by atoms with Gasteiger partial charge in [-0.15, -0.1) is 0 Å². The largest absolute Gasteiger partial charge is 0.396 e. The van der Waals surface area contributed by atoms with E-state index in [0.29, 0.717) is 17.4 Å². The molecule has 0 amide bonds. The Kier molecular flexibility index (Phi) is 6.54. The van der Waals surface area contributed by atoms with Gasteiger partial charge in [0.15, 0.2) is 0 Å². The predicted molar refractivity (Wildman–Crippen MR) is 69.0 cm³/mol. The van der Waals surface area contributed by atoms with Crippen LogP contribution in [-0.4, -0.2) is 40.0 Å². The summed E-state index contributed by atoms with van der Waals surface area (Å²) in [4.78, 5) is 0. The van der Waals surface area contributed by atoms with Gasteiger partial charge in [0.2, 0.25) is 0 Å². The van der Waals surface area contributed by atoms with Crippen LogP contribution in [-0.2, 0) is 10.8 Å². The molecule has 4 unspecified atom stereocenters. The van der Waals surface area contributed by atoms with Crippen LogP contribution in [0.1, 0.15) is 39.0 Å². The molecule has 4 heteroatoms. The highest BCUT2D eigenvalue weighted by Gasteiger charge is 2.25. The van der Waals surface area contributed by atoms with Gasteiger partial charge < -0.3 is 10.4 Å². The van der Waals surface area contributed by atoms with Crippen LogP contribution in [0.15, 0.2) is 0 Å². The van der Waals surface area contributed by atoms with Gasteiger partial charge in [-0.2, -0.15) is 0 Å². The van der Waals surface area contributed by atoms with E-state index in [1.807, 2.05) is 7.05 Å². The molecule has 1 saturated carbocycles. The fraction of sp³-hybridized carbons (Fsp3) is 1.00. The summed E-state index contributed by atoms with van der Waals surface area (Å²) in [5.41, 5.74) is 0. The zero-order valence-corrected chi connectivity index (χ0v) is 11.3. The zero-order chi connectivity index (χ0) is 12.0. The number of hydrogen-bond donors (Lipinski definition) is 2. The second-order valence-corrected chi connectivity index (χ2v) is 6.70. The second kappa shape index (κ2) is 7.41. The second-order valence-electron chi connectivity index (χ2n) is 4.94. The lowest BCUT2D eigenvalue weighted by Crippen LogP contribution is -2.36. The molecule has 0 aromatic carbocycles. The van der Waals surface area contributed by atoms with Crippen molar-refractivity contribution in [2.24, 2.45) is 5.92 Å². The van der Waals surface area contributed by atoms with Gasteiger partial charge in [0.25, 0.3) is 0 Å². The molecule has 0 aromatic heterocycles. The van der Waals surface area contributed by atoms with Crippen molar-refractivity contribution in [3.8, 4) is 0 Å². The maximum atomic E-state index is 12.2. The van der Waals surface area contributed by atoms with Gasteiger partial charge in [0.05, 0.1) is 0 Å². The SMILES string of the molecule is CNC(CCO)CS(=O)C1CCCC(C)C1. The zero-order valence-electron chi connectivity index (χ0n) is 10.4. The molecule has 1 rings (SSSR count). The van der Waals surface area contributed by atoms with Crippen LogP contribution in [0.2, 0.25) is 0 Å². The average molecular weight is 247 g/mol. The summed E-state index contributed by atoms with van der Waals surface area (Å²) in [5, 5.41) is 12.4. The summed E-state index contributed by atoms with van der Waals surface area (Å²) >= 11 is 0. The molecular weight excluding hydrogens is 222 g/mol. The molecule has 2 N–H and O–H groups in total. The van der Waals surface area contributed by atoms with E-state index in [1.165, 1.54) is 12.8 Å². The molecule has 0 saturated heterocycles. The van der Waals surface area contributed by atoms with Crippen LogP contribution in [0.4, 0.5) is 0 Å². The molecule has 96 valence electrons. The van der Waals surface area contributed by atoms with Crippen LogP contribution in [0, 0.1) is 5.92 Å². The lowest BCUT2D eigenvalue weighted by molar-refractivity contribution is 0.272. The fourth-order valence-corrected chi connectivity index (χ4v) is 4.39. The third kappa shape index (κ3) is 4.52. The number of nitrogens with one attached hydrogen (secondary N) is 1. The lowest BCUT2D eigenvalue weighted by atomic mass is 9.91. The van der Waals surface area contributed by atoms with E-state index in [9.17, 15) is 4.21 Å². The molecule has 16 heavy (non-hydrogen) atoms. The molecule has 3 nitrogen and oxygen atoms in total. The van der Waals surface area contributed by atoms with Crippen molar-refractivity contribution >= 4 is 10.8 Å². The van der Waals surface area contributed by atoms with Crippen molar-refractivity contribution in [1.29, 1.82) is 0 Å². The first-order valence-electron chi connectivity index (χ1n) is 6.32. The molecular formula is C12H25NO2S. The van der Waals surface area contributed by atoms with Gasteiger partial charge >= 0.3 is 0 Å². The molecule has 1 fully saturated rings. The first-order valence-corrected chi connectivity index (χ1v) is 7.70. The Labute approximate surface area is 101 Å². The molecule has 0 spiro atoms. The highest BCUT2D eigenvalue weighted by Crippen LogP contribution is 2.27. The number of aliphatic hydroxyl groups is 1. The smallest absolute Gasteiger partial charge is 0.0446 e. The number of aliphatic hydroxyl groups excluding tert-OH is 1. The van der Waals surface area contributed by atoms with E-state index in [4.69, 9.17) is 5.11 Å². The van der Waals surface area contributed by atoms with Crippen LogP contribution >= 0.6 is 0 Å². The summed E-state index contributed by atoms with van der Waals surface area (Å²) in [6, 6.07) is 0.197. The summed E-state index contributed by atoms with van der Waals surface area (Å²) in [5.74, 6) is 1.42. The summed E-state index contributed by atoms with van der Waals surface area (Å²) in [7, 11) is 1.14. The molecule has 0 radical (unpaired) electrons. The topological polar surface area (TPSA) is 49.3 Å². The van der Waals surface area contributed by atoms with Crippen molar-refractivity contribution < 1.29 is 9.32 Å². The minimum atomic E-state index is -0.732. The van der Waals surface area contributed by atoms with Gasteiger partial charge in [0, 0.05) is 34.5 Å². The van der Waals surface area contributed by atoms with Gasteiger partial charge in [-0.1, -0.05) is 19.8 Å². The Bertz CT molecular complexity index is 223. The van der Waals surface area contributed by atoms with E-state index >= 15 is 0 Å². The Hall–Kier alpha value is 0.0700. The normalized spacial score (nSPS) is 29.9. The third-order valence-electron chi connectivity index (χ3n) is 3.51. The number of rotatable bonds is 6. The first kappa shape index (κ1) is 14.1. The summed E-state index contributed by atoms with van der Waals surface area (Å²) < 4.78 is 12.2. The standard InChI is InChI=1S/C12H25NO2S/c1-10-4-3-5-12(8-10)16(15)9-11(13-2)6-7-14/h10-14H,3-9H2,1-2H3. The van der Waals surface area contributed by atoms with Crippen molar-refractivity contribution in [3.63, 3.8) is 0 Å². The van der Waals surface area contributed by atoms with Crippen molar-refractivity contribution in [1.82, 2.24) is 5.32 Å². The van der Waals surface area contributed by atoms with Gasteiger partial charge in [0.1, 0.15) is 0 Å². The molecule has 1 aliphatic rings. The lowest BCUT2D eigenvalue weighted by Gasteiger charge is -2.27. The van der Waals surface area contributed by atoms with Crippen LogP contribution in [0.5, 0.6) is 0 Å².